The number of sulfone groups is 1. The van der Waals surface area contributed by atoms with E-state index in [2.05, 4.69) is 15.8 Å². The molecule has 2 aromatic rings. The molecular formula is C23H28N4O5S. The van der Waals surface area contributed by atoms with Crippen LogP contribution in [0.2, 0.25) is 0 Å². The second-order valence-corrected chi connectivity index (χ2v) is 11.7. The summed E-state index contributed by atoms with van der Waals surface area (Å²) in [4.78, 5) is 25.1. The topological polar surface area (TPSA) is 122 Å². The minimum atomic E-state index is -3.64. The largest absolute Gasteiger partial charge is 0.360 e. The molecule has 33 heavy (non-hydrogen) atoms. The normalized spacial score (nSPS) is 27.3. The highest BCUT2D eigenvalue weighted by atomic mass is 32.2. The van der Waals surface area contributed by atoms with E-state index in [1.54, 1.807) is 30.3 Å². The van der Waals surface area contributed by atoms with Crippen LogP contribution in [0.15, 0.2) is 39.8 Å². The third kappa shape index (κ3) is 3.85. The molecule has 1 aromatic carbocycles. The van der Waals surface area contributed by atoms with Gasteiger partial charge in [0.15, 0.2) is 15.5 Å². The van der Waals surface area contributed by atoms with Crippen LogP contribution >= 0.6 is 0 Å². The predicted octanol–water partition coefficient (Wildman–Crippen LogP) is 2.67. The summed E-state index contributed by atoms with van der Waals surface area (Å²) in [5.74, 6) is 0.660. The molecule has 176 valence electrons. The van der Waals surface area contributed by atoms with E-state index in [0.717, 1.165) is 18.6 Å². The van der Waals surface area contributed by atoms with Gasteiger partial charge in [0.25, 0.3) is 5.91 Å². The van der Waals surface area contributed by atoms with Crippen molar-refractivity contribution < 1.29 is 22.5 Å². The van der Waals surface area contributed by atoms with E-state index in [-0.39, 0.29) is 34.5 Å². The Kier molecular flexibility index (Phi) is 5.32. The van der Waals surface area contributed by atoms with Crippen molar-refractivity contribution in [3.05, 3.63) is 41.8 Å². The number of carbonyl (C=O) groups is 2. The number of benzene rings is 1. The van der Waals surface area contributed by atoms with E-state index < -0.39 is 14.7 Å². The van der Waals surface area contributed by atoms with E-state index in [9.17, 15) is 18.0 Å². The molecule has 2 N–H and O–H groups in total. The van der Waals surface area contributed by atoms with Gasteiger partial charge in [0.05, 0.1) is 4.90 Å². The maximum atomic E-state index is 13.6. The lowest BCUT2D eigenvalue weighted by atomic mass is 9.91. The van der Waals surface area contributed by atoms with E-state index in [1.165, 1.54) is 6.92 Å². The number of fused-ring (bicyclic) bond motifs is 3. The second kappa shape index (κ2) is 7.95. The summed E-state index contributed by atoms with van der Waals surface area (Å²) in [6.45, 7) is 1.41. The van der Waals surface area contributed by atoms with E-state index in [4.69, 9.17) is 4.52 Å². The molecule has 3 heterocycles. The predicted molar refractivity (Wildman–Crippen MR) is 120 cm³/mol. The number of nitrogens with one attached hydrogen (secondary N) is 2. The first kappa shape index (κ1) is 22.1. The van der Waals surface area contributed by atoms with Crippen LogP contribution < -0.4 is 10.6 Å². The standard InChI is InChI=1S/C23H28N4O5S/c1-14(28)24-16-5-7-19(8-6-16)33(30,31)23-10-9-17(11-18(13-23)27(23)2)25-22(29)20-12-21(32-26-20)15-3-4-15/h5-8,12,15,17-18H,3-4,9-11,13H2,1-2H3,(H,24,28)(H,25,29). The van der Waals surface area contributed by atoms with Crippen molar-refractivity contribution in [3.63, 3.8) is 0 Å². The van der Waals surface area contributed by atoms with Crippen LogP contribution in [0.1, 0.15) is 67.6 Å². The van der Waals surface area contributed by atoms with Crippen LogP contribution in [0.25, 0.3) is 0 Å². The van der Waals surface area contributed by atoms with Crippen LogP contribution in [0.3, 0.4) is 0 Å². The third-order valence-corrected chi connectivity index (χ3v) is 9.80. The van der Waals surface area contributed by atoms with E-state index in [1.807, 2.05) is 11.9 Å². The smallest absolute Gasteiger partial charge is 0.273 e. The number of hydrogen-bond donors (Lipinski definition) is 2. The Hall–Kier alpha value is -2.72. The van der Waals surface area contributed by atoms with Crippen molar-refractivity contribution in [1.82, 2.24) is 15.4 Å². The number of amides is 2. The average molecular weight is 473 g/mol. The number of hydrogen-bond acceptors (Lipinski definition) is 7. The van der Waals surface area contributed by atoms with Gasteiger partial charge < -0.3 is 15.2 Å². The van der Waals surface area contributed by atoms with Crippen LogP contribution in [-0.2, 0) is 14.6 Å². The van der Waals surface area contributed by atoms with Crippen molar-refractivity contribution in [1.29, 1.82) is 0 Å². The number of anilines is 1. The number of carbonyl (C=O) groups excluding carboxylic acids is 2. The van der Waals surface area contributed by atoms with Gasteiger partial charge in [0.2, 0.25) is 5.91 Å². The zero-order valence-electron chi connectivity index (χ0n) is 18.7. The Morgan fingerprint density at radius 3 is 2.55 bits per heavy atom. The molecule has 6 rings (SSSR count). The fourth-order valence-corrected chi connectivity index (χ4v) is 7.42. The van der Waals surface area contributed by atoms with Crippen molar-refractivity contribution in [3.8, 4) is 0 Å². The Bertz CT molecular complexity index is 1190. The molecule has 2 aliphatic carbocycles. The van der Waals surface area contributed by atoms with Crippen molar-refractivity contribution in [2.75, 3.05) is 12.4 Å². The summed E-state index contributed by atoms with van der Waals surface area (Å²) >= 11 is 0. The minimum Gasteiger partial charge on any atom is -0.360 e. The molecule has 2 saturated carbocycles. The van der Waals surface area contributed by atoms with E-state index in [0.29, 0.717) is 37.3 Å². The molecule has 0 radical (unpaired) electrons. The summed E-state index contributed by atoms with van der Waals surface area (Å²) in [7, 11) is -1.80. The van der Waals surface area contributed by atoms with Crippen molar-refractivity contribution in [2.24, 2.45) is 0 Å². The molecule has 2 aliphatic heterocycles. The molecule has 10 heteroatoms. The molecule has 4 fully saturated rings. The zero-order valence-corrected chi connectivity index (χ0v) is 19.5. The molecule has 3 unspecified atom stereocenters. The maximum absolute atomic E-state index is 13.6. The average Bonchev–Trinajstić information content (AvgIpc) is 3.56. The molecule has 1 aromatic heterocycles. The molecule has 9 nitrogen and oxygen atoms in total. The first-order chi connectivity index (χ1) is 15.7. The summed E-state index contributed by atoms with van der Waals surface area (Å²) in [6.07, 6.45) is 4.34. The second-order valence-electron chi connectivity index (χ2n) is 9.46. The Balaban J connectivity index is 1.29. The van der Waals surface area contributed by atoms with Crippen molar-refractivity contribution in [2.45, 2.75) is 73.2 Å². The SMILES string of the molecule is CC(=O)Nc1ccc(S(=O)(=O)C23CCC(NC(=O)c4cc(C5CC5)on4)CC(C2)N3C)cc1. The maximum Gasteiger partial charge on any atom is 0.273 e. The van der Waals surface area contributed by atoms with E-state index >= 15 is 0 Å². The van der Waals surface area contributed by atoms with Crippen molar-refractivity contribution >= 4 is 27.3 Å². The fraction of sp³-hybridized carbons (Fsp3) is 0.522. The number of rotatable bonds is 6. The number of nitrogens with zero attached hydrogens (tertiary/aromatic N) is 2. The lowest BCUT2D eigenvalue weighted by Crippen LogP contribution is -2.66. The molecule has 2 bridgehead atoms. The highest BCUT2D eigenvalue weighted by molar-refractivity contribution is 7.92. The quantitative estimate of drug-likeness (QED) is 0.663. The van der Waals surface area contributed by atoms with Crippen LogP contribution in [-0.4, -0.2) is 54.3 Å². The Morgan fingerprint density at radius 1 is 1.18 bits per heavy atom. The highest BCUT2D eigenvalue weighted by Gasteiger charge is 2.60. The Labute approximate surface area is 192 Å². The third-order valence-electron chi connectivity index (χ3n) is 7.25. The minimum absolute atomic E-state index is 0.0746. The molecule has 2 amide bonds. The van der Waals surface area contributed by atoms with Gasteiger partial charge in [-0.2, -0.15) is 0 Å². The Morgan fingerprint density at radius 2 is 1.91 bits per heavy atom. The van der Waals surface area contributed by atoms with Gasteiger partial charge in [-0.1, -0.05) is 5.16 Å². The summed E-state index contributed by atoms with van der Waals surface area (Å²) in [6, 6.07) is 7.96. The molecule has 4 aliphatic rings. The van der Waals surface area contributed by atoms with Crippen LogP contribution in [0.5, 0.6) is 0 Å². The van der Waals surface area contributed by atoms with Gasteiger partial charge in [-0.3, -0.25) is 14.5 Å². The number of aromatic nitrogens is 1. The lowest BCUT2D eigenvalue weighted by molar-refractivity contribution is -0.114. The van der Waals surface area contributed by atoms with Gasteiger partial charge in [0, 0.05) is 36.7 Å². The molecule has 0 spiro atoms. The van der Waals surface area contributed by atoms with Crippen LogP contribution in [0.4, 0.5) is 5.69 Å². The summed E-state index contributed by atoms with van der Waals surface area (Å²) < 4.78 is 32.5. The highest BCUT2D eigenvalue weighted by Crippen LogP contribution is 2.50. The molecular weight excluding hydrogens is 444 g/mol. The van der Waals surface area contributed by atoms with Gasteiger partial charge in [-0.15, -0.1) is 0 Å². The van der Waals surface area contributed by atoms with Gasteiger partial charge in [0.1, 0.15) is 10.6 Å². The molecule has 3 atom stereocenters. The van der Waals surface area contributed by atoms with Gasteiger partial charge >= 0.3 is 0 Å². The first-order valence-corrected chi connectivity index (χ1v) is 12.8. The summed E-state index contributed by atoms with van der Waals surface area (Å²) in [5.41, 5.74) is 0.837. The molecule has 2 saturated heterocycles. The monoisotopic (exact) mass is 472 g/mol. The van der Waals surface area contributed by atoms with Gasteiger partial charge in [-0.25, -0.2) is 8.42 Å². The zero-order chi connectivity index (χ0) is 23.4. The van der Waals surface area contributed by atoms with Crippen LogP contribution in [0, 0.1) is 0 Å². The first-order valence-electron chi connectivity index (χ1n) is 11.3. The fourth-order valence-electron chi connectivity index (χ4n) is 5.16. The summed E-state index contributed by atoms with van der Waals surface area (Å²) in [5, 5.41) is 9.60. The van der Waals surface area contributed by atoms with Gasteiger partial charge in [-0.05, 0) is 69.8 Å². The lowest BCUT2D eigenvalue weighted by Gasteiger charge is -2.54.